The van der Waals surface area contributed by atoms with Gasteiger partial charge in [0.05, 0.1) is 5.69 Å². The van der Waals surface area contributed by atoms with Crippen LogP contribution in [0.3, 0.4) is 0 Å². The summed E-state index contributed by atoms with van der Waals surface area (Å²) in [5, 5.41) is 15.3. The van der Waals surface area contributed by atoms with Gasteiger partial charge in [0, 0.05) is 23.2 Å². The molecule has 0 amide bonds. The van der Waals surface area contributed by atoms with Crippen LogP contribution in [0.15, 0.2) is 34.0 Å². The van der Waals surface area contributed by atoms with Crippen LogP contribution in [0.25, 0.3) is 10.6 Å². The lowest BCUT2D eigenvalue weighted by molar-refractivity contribution is 0.628. The van der Waals surface area contributed by atoms with Gasteiger partial charge in [0.2, 0.25) is 5.13 Å². The van der Waals surface area contributed by atoms with Gasteiger partial charge < -0.3 is 5.32 Å². The molecule has 1 aromatic carbocycles. The highest BCUT2D eigenvalue weighted by Crippen LogP contribution is 2.30. The van der Waals surface area contributed by atoms with Crippen LogP contribution in [-0.4, -0.2) is 21.7 Å². The van der Waals surface area contributed by atoms with Crippen LogP contribution in [0.4, 0.5) is 9.52 Å². The summed E-state index contributed by atoms with van der Waals surface area (Å²) in [5.41, 5.74) is 1.94. The quantitative estimate of drug-likeness (QED) is 0.602. The van der Waals surface area contributed by atoms with Crippen molar-refractivity contribution in [2.24, 2.45) is 0 Å². The molecule has 0 saturated carbocycles. The minimum Gasteiger partial charge on any atom is -0.360 e. The highest BCUT2D eigenvalue weighted by Gasteiger charge is 2.08. The zero-order valence-electron chi connectivity index (χ0n) is 12.5. The lowest BCUT2D eigenvalue weighted by atomic mass is 10.2. The summed E-state index contributed by atoms with van der Waals surface area (Å²) in [6.45, 7) is 3.02. The molecule has 2 heterocycles. The predicted molar refractivity (Wildman–Crippen MR) is 95.8 cm³/mol. The number of thioether (sulfide) groups is 1. The number of hydrogen-bond donors (Lipinski definition) is 1. The first-order valence-electron chi connectivity index (χ1n) is 7.15. The smallest absolute Gasteiger partial charge is 0.206 e. The maximum atomic E-state index is 13.0. The summed E-state index contributed by atoms with van der Waals surface area (Å²) < 4.78 is 13.9. The van der Waals surface area contributed by atoms with E-state index in [1.807, 2.05) is 5.38 Å². The Morgan fingerprint density at radius 2 is 2.04 bits per heavy atom. The molecule has 0 bridgehead atoms. The van der Waals surface area contributed by atoms with Crippen molar-refractivity contribution < 1.29 is 4.39 Å². The summed E-state index contributed by atoms with van der Waals surface area (Å²) in [6, 6.07) is 6.41. The SMILES string of the molecule is CCCNc1nnc(SCc2csc(-c3ccc(F)cc3)n2)s1. The Kier molecular flexibility index (Phi) is 5.58. The number of aromatic nitrogens is 3. The second-order valence-corrected chi connectivity index (χ2v) is 7.80. The zero-order valence-corrected chi connectivity index (χ0v) is 14.9. The van der Waals surface area contributed by atoms with Crippen LogP contribution in [0, 0.1) is 5.82 Å². The number of nitrogens with one attached hydrogen (secondary N) is 1. The van der Waals surface area contributed by atoms with Crippen LogP contribution in [0.1, 0.15) is 19.0 Å². The molecular formula is C15H15FN4S3. The van der Waals surface area contributed by atoms with Gasteiger partial charge in [-0.2, -0.15) is 0 Å². The molecule has 3 aromatic rings. The first kappa shape index (κ1) is 16.4. The molecule has 23 heavy (non-hydrogen) atoms. The van der Waals surface area contributed by atoms with E-state index in [2.05, 4.69) is 27.4 Å². The molecule has 0 aliphatic rings. The normalized spacial score (nSPS) is 10.9. The van der Waals surface area contributed by atoms with Gasteiger partial charge in [0.15, 0.2) is 4.34 Å². The van der Waals surface area contributed by atoms with Crippen LogP contribution in [0.5, 0.6) is 0 Å². The molecule has 3 rings (SSSR count). The molecule has 0 unspecified atom stereocenters. The maximum absolute atomic E-state index is 13.0. The van der Waals surface area contributed by atoms with E-state index < -0.39 is 0 Å². The summed E-state index contributed by atoms with van der Waals surface area (Å²) in [4.78, 5) is 4.60. The lowest BCUT2D eigenvalue weighted by Crippen LogP contribution is -1.98. The standard InChI is InChI=1S/C15H15FN4S3/c1-2-7-17-14-19-20-15(23-14)22-9-12-8-21-13(18-12)10-3-5-11(16)6-4-10/h3-6,8H,2,7,9H2,1H3,(H,17,19). The van der Waals surface area contributed by atoms with Gasteiger partial charge in [-0.25, -0.2) is 9.37 Å². The van der Waals surface area contributed by atoms with E-state index in [1.165, 1.54) is 12.1 Å². The van der Waals surface area contributed by atoms with E-state index in [1.54, 1.807) is 46.6 Å². The van der Waals surface area contributed by atoms with Crippen molar-refractivity contribution in [1.29, 1.82) is 0 Å². The predicted octanol–water partition coefficient (Wildman–Crippen LogP) is 4.91. The monoisotopic (exact) mass is 366 g/mol. The van der Waals surface area contributed by atoms with Crippen LogP contribution in [-0.2, 0) is 5.75 Å². The molecule has 0 atom stereocenters. The number of hydrogen-bond acceptors (Lipinski definition) is 7. The van der Waals surface area contributed by atoms with Crippen molar-refractivity contribution in [2.45, 2.75) is 23.4 Å². The average Bonchev–Trinajstić information content (AvgIpc) is 3.21. The Morgan fingerprint density at radius 1 is 1.22 bits per heavy atom. The maximum Gasteiger partial charge on any atom is 0.206 e. The number of nitrogens with zero attached hydrogens (tertiary/aromatic N) is 3. The Morgan fingerprint density at radius 3 is 2.83 bits per heavy atom. The molecule has 2 aromatic heterocycles. The van der Waals surface area contributed by atoms with E-state index in [4.69, 9.17) is 0 Å². The fraction of sp³-hybridized carbons (Fsp3) is 0.267. The molecule has 4 nitrogen and oxygen atoms in total. The highest BCUT2D eigenvalue weighted by molar-refractivity contribution is 8.00. The Bertz CT molecular complexity index is 754. The summed E-state index contributed by atoms with van der Waals surface area (Å²) in [6.07, 6.45) is 1.06. The number of thiazole rings is 1. The zero-order chi connectivity index (χ0) is 16.1. The highest BCUT2D eigenvalue weighted by atomic mass is 32.2. The average molecular weight is 367 g/mol. The van der Waals surface area contributed by atoms with Gasteiger partial charge in [0.1, 0.15) is 10.8 Å². The molecule has 0 fully saturated rings. The van der Waals surface area contributed by atoms with Crippen molar-refractivity contribution in [3.05, 3.63) is 41.2 Å². The van der Waals surface area contributed by atoms with E-state index in [9.17, 15) is 4.39 Å². The Labute approximate surface area is 146 Å². The minimum atomic E-state index is -0.232. The topological polar surface area (TPSA) is 50.7 Å². The molecule has 0 saturated heterocycles. The second kappa shape index (κ2) is 7.85. The molecule has 120 valence electrons. The summed E-state index contributed by atoms with van der Waals surface area (Å²) in [7, 11) is 0. The van der Waals surface area contributed by atoms with E-state index in [0.29, 0.717) is 0 Å². The first-order chi connectivity index (χ1) is 11.2. The first-order valence-corrected chi connectivity index (χ1v) is 9.83. The van der Waals surface area contributed by atoms with Gasteiger partial charge >= 0.3 is 0 Å². The summed E-state index contributed by atoms with van der Waals surface area (Å²) >= 11 is 4.76. The molecule has 0 aliphatic heterocycles. The third kappa shape index (κ3) is 4.49. The van der Waals surface area contributed by atoms with E-state index >= 15 is 0 Å². The summed E-state index contributed by atoms with van der Waals surface area (Å²) in [5.74, 6) is 0.518. The van der Waals surface area contributed by atoms with Crippen LogP contribution in [0.2, 0.25) is 0 Å². The molecule has 0 radical (unpaired) electrons. The van der Waals surface area contributed by atoms with Gasteiger partial charge in [-0.15, -0.1) is 21.5 Å². The van der Waals surface area contributed by atoms with E-state index in [0.717, 1.165) is 44.5 Å². The molecule has 1 N–H and O–H groups in total. The fourth-order valence-corrected chi connectivity index (χ4v) is 4.41. The number of anilines is 1. The number of halogens is 1. The van der Waals surface area contributed by atoms with Crippen molar-refractivity contribution in [3.8, 4) is 10.6 Å². The van der Waals surface area contributed by atoms with Gasteiger partial charge in [0.25, 0.3) is 0 Å². The van der Waals surface area contributed by atoms with Gasteiger partial charge in [-0.1, -0.05) is 30.0 Å². The van der Waals surface area contributed by atoms with Crippen molar-refractivity contribution in [1.82, 2.24) is 15.2 Å². The molecule has 0 spiro atoms. The van der Waals surface area contributed by atoms with Crippen molar-refractivity contribution in [2.75, 3.05) is 11.9 Å². The molecule has 0 aliphatic carbocycles. The number of rotatable bonds is 7. The second-order valence-electron chi connectivity index (χ2n) is 4.74. The molecule has 8 heteroatoms. The van der Waals surface area contributed by atoms with Gasteiger partial charge in [-0.3, -0.25) is 0 Å². The Hall–Kier alpha value is -1.51. The van der Waals surface area contributed by atoms with Crippen LogP contribution >= 0.6 is 34.4 Å². The van der Waals surface area contributed by atoms with Gasteiger partial charge in [-0.05, 0) is 30.7 Å². The molecular weight excluding hydrogens is 351 g/mol. The van der Waals surface area contributed by atoms with Crippen molar-refractivity contribution in [3.63, 3.8) is 0 Å². The largest absolute Gasteiger partial charge is 0.360 e. The fourth-order valence-electron chi connectivity index (χ4n) is 1.81. The minimum absolute atomic E-state index is 0.232. The van der Waals surface area contributed by atoms with Crippen molar-refractivity contribution >= 4 is 39.6 Å². The Balaban J connectivity index is 1.58. The van der Waals surface area contributed by atoms with E-state index in [-0.39, 0.29) is 5.82 Å². The number of benzene rings is 1. The third-order valence-electron chi connectivity index (χ3n) is 2.92. The van der Waals surface area contributed by atoms with Crippen LogP contribution < -0.4 is 5.32 Å². The third-order valence-corrected chi connectivity index (χ3v) is 5.91. The lowest BCUT2D eigenvalue weighted by Gasteiger charge is -1.96.